The smallest absolute Gasteiger partial charge is 0.266 e. The third kappa shape index (κ3) is 4.68. The van der Waals surface area contributed by atoms with Gasteiger partial charge in [0.2, 0.25) is 0 Å². The first-order chi connectivity index (χ1) is 11.1. The van der Waals surface area contributed by atoms with E-state index in [1.807, 2.05) is 13.0 Å². The van der Waals surface area contributed by atoms with Gasteiger partial charge in [0.05, 0.1) is 6.61 Å². The van der Waals surface area contributed by atoms with Crippen molar-refractivity contribution in [2.75, 3.05) is 11.9 Å². The number of nitrogens with zero attached hydrogens (tertiary/aromatic N) is 1. The zero-order valence-corrected chi connectivity index (χ0v) is 12.5. The molecule has 5 heteroatoms. The molecule has 0 atom stereocenters. The van der Waals surface area contributed by atoms with Gasteiger partial charge < -0.3 is 10.1 Å². The van der Waals surface area contributed by atoms with Gasteiger partial charge in [0.15, 0.2) is 0 Å². The van der Waals surface area contributed by atoms with Crippen LogP contribution < -0.4 is 10.1 Å². The first-order valence-electron chi connectivity index (χ1n) is 7.04. The predicted molar refractivity (Wildman–Crippen MR) is 86.2 cm³/mol. The third-order valence-electron chi connectivity index (χ3n) is 2.97. The summed E-state index contributed by atoms with van der Waals surface area (Å²) < 4.78 is 18.2. The van der Waals surface area contributed by atoms with Gasteiger partial charge in [0, 0.05) is 5.69 Å². The Morgan fingerprint density at radius 1 is 1.22 bits per heavy atom. The van der Waals surface area contributed by atoms with E-state index in [4.69, 9.17) is 10.00 Å². The minimum atomic E-state index is -0.527. The van der Waals surface area contributed by atoms with Gasteiger partial charge in [-0.05, 0) is 55.0 Å². The number of nitriles is 1. The normalized spacial score (nSPS) is 10.7. The summed E-state index contributed by atoms with van der Waals surface area (Å²) in [6, 6.07) is 14.2. The molecule has 2 rings (SSSR count). The molecule has 0 saturated heterocycles. The van der Waals surface area contributed by atoms with E-state index in [2.05, 4.69) is 5.32 Å². The fourth-order valence-electron chi connectivity index (χ4n) is 1.87. The van der Waals surface area contributed by atoms with Crippen LogP contribution in [0.15, 0.2) is 54.1 Å². The number of hydrogen-bond donors (Lipinski definition) is 1. The highest BCUT2D eigenvalue weighted by Crippen LogP contribution is 2.17. The maximum Gasteiger partial charge on any atom is 0.266 e. The number of amides is 1. The number of nitrogens with one attached hydrogen (secondary N) is 1. The highest BCUT2D eigenvalue weighted by Gasteiger charge is 2.09. The second-order valence-electron chi connectivity index (χ2n) is 4.63. The van der Waals surface area contributed by atoms with Crippen LogP contribution in [0.4, 0.5) is 10.1 Å². The molecule has 4 nitrogen and oxygen atoms in total. The molecule has 0 aliphatic heterocycles. The summed E-state index contributed by atoms with van der Waals surface area (Å²) in [5.41, 5.74) is 1.06. The summed E-state index contributed by atoms with van der Waals surface area (Å²) in [6.07, 6.45) is 1.41. The van der Waals surface area contributed by atoms with Crippen LogP contribution in [-0.4, -0.2) is 12.5 Å². The van der Waals surface area contributed by atoms with E-state index >= 15 is 0 Å². The number of ether oxygens (including phenoxy) is 1. The Balaban J connectivity index is 2.11. The topological polar surface area (TPSA) is 62.1 Å². The first-order valence-corrected chi connectivity index (χ1v) is 7.04. The van der Waals surface area contributed by atoms with Gasteiger partial charge >= 0.3 is 0 Å². The number of benzene rings is 2. The van der Waals surface area contributed by atoms with Crippen molar-refractivity contribution in [1.29, 1.82) is 5.26 Å². The number of anilines is 1. The van der Waals surface area contributed by atoms with E-state index in [-0.39, 0.29) is 11.4 Å². The van der Waals surface area contributed by atoms with Gasteiger partial charge in [-0.15, -0.1) is 0 Å². The molecule has 0 fully saturated rings. The standard InChI is InChI=1S/C18H15FN2O2/c1-2-23-17-9-7-16(8-10-17)21-18(22)14(12-20)11-13-3-5-15(19)6-4-13/h3-11H,2H2,1H3,(H,21,22). The van der Waals surface area contributed by atoms with Gasteiger partial charge in [-0.2, -0.15) is 5.26 Å². The number of hydrogen-bond acceptors (Lipinski definition) is 3. The first kappa shape index (κ1) is 16.2. The van der Waals surface area contributed by atoms with Crippen molar-refractivity contribution in [3.63, 3.8) is 0 Å². The molecule has 0 unspecified atom stereocenters. The molecular formula is C18H15FN2O2. The highest BCUT2D eigenvalue weighted by molar-refractivity contribution is 6.09. The molecule has 0 bridgehead atoms. The molecule has 1 N–H and O–H groups in total. The number of carbonyl (C=O) groups excluding carboxylic acids is 1. The Kier molecular flexibility index (Phi) is 5.48. The van der Waals surface area contributed by atoms with Crippen molar-refractivity contribution >= 4 is 17.7 Å². The van der Waals surface area contributed by atoms with Gasteiger partial charge in [-0.3, -0.25) is 4.79 Å². The largest absolute Gasteiger partial charge is 0.494 e. The van der Waals surface area contributed by atoms with Gasteiger partial charge in [-0.1, -0.05) is 12.1 Å². The fourth-order valence-corrected chi connectivity index (χ4v) is 1.87. The van der Waals surface area contributed by atoms with Crippen LogP contribution in [0.1, 0.15) is 12.5 Å². The molecule has 0 heterocycles. The van der Waals surface area contributed by atoms with Crippen molar-refractivity contribution < 1.29 is 13.9 Å². The van der Waals surface area contributed by atoms with Crippen molar-refractivity contribution in [2.45, 2.75) is 6.92 Å². The molecule has 0 saturated carbocycles. The van der Waals surface area contributed by atoms with Crippen LogP contribution in [0.2, 0.25) is 0 Å². The number of rotatable bonds is 5. The van der Waals surface area contributed by atoms with Crippen LogP contribution in [0, 0.1) is 17.1 Å². The lowest BCUT2D eigenvalue weighted by atomic mass is 10.1. The van der Waals surface area contributed by atoms with E-state index in [0.717, 1.165) is 0 Å². The molecule has 1 amide bonds. The average Bonchev–Trinajstić information content (AvgIpc) is 2.56. The lowest BCUT2D eigenvalue weighted by Gasteiger charge is -2.06. The number of halogens is 1. The minimum Gasteiger partial charge on any atom is -0.494 e. The zero-order valence-electron chi connectivity index (χ0n) is 12.5. The maximum atomic E-state index is 12.9. The van der Waals surface area contributed by atoms with E-state index < -0.39 is 5.91 Å². The van der Waals surface area contributed by atoms with E-state index in [0.29, 0.717) is 23.6 Å². The molecule has 2 aromatic carbocycles. The summed E-state index contributed by atoms with van der Waals surface area (Å²) in [7, 11) is 0. The van der Waals surface area contributed by atoms with Crippen LogP contribution in [0.5, 0.6) is 5.75 Å². The van der Waals surface area contributed by atoms with Crippen LogP contribution in [0.3, 0.4) is 0 Å². The Hall–Kier alpha value is -3.13. The Bertz CT molecular complexity index is 744. The molecular weight excluding hydrogens is 295 g/mol. The number of carbonyl (C=O) groups is 1. The lowest BCUT2D eigenvalue weighted by molar-refractivity contribution is -0.112. The monoisotopic (exact) mass is 310 g/mol. The van der Waals surface area contributed by atoms with Crippen LogP contribution in [-0.2, 0) is 4.79 Å². The Labute approximate surface area is 133 Å². The summed E-state index contributed by atoms with van der Waals surface area (Å²) in [5, 5.41) is 11.8. The molecule has 2 aromatic rings. The molecule has 0 spiro atoms. The molecule has 0 aromatic heterocycles. The van der Waals surface area contributed by atoms with Crippen LogP contribution >= 0.6 is 0 Å². The zero-order chi connectivity index (χ0) is 16.7. The molecule has 0 radical (unpaired) electrons. The van der Waals surface area contributed by atoms with Crippen molar-refractivity contribution in [2.24, 2.45) is 0 Å². The molecule has 116 valence electrons. The second-order valence-corrected chi connectivity index (χ2v) is 4.63. The SMILES string of the molecule is CCOc1ccc(NC(=O)C(C#N)=Cc2ccc(F)cc2)cc1. The summed E-state index contributed by atoms with van der Waals surface area (Å²) in [4.78, 5) is 12.1. The second kappa shape index (κ2) is 7.76. The lowest BCUT2D eigenvalue weighted by Crippen LogP contribution is -2.13. The van der Waals surface area contributed by atoms with E-state index in [9.17, 15) is 9.18 Å². The van der Waals surface area contributed by atoms with Crippen LogP contribution in [0.25, 0.3) is 6.08 Å². The van der Waals surface area contributed by atoms with E-state index in [1.165, 1.54) is 30.3 Å². The molecule has 0 aliphatic carbocycles. The summed E-state index contributed by atoms with van der Waals surface area (Å²) in [5.74, 6) is -0.201. The molecule has 0 aliphatic rings. The fraction of sp³-hybridized carbons (Fsp3) is 0.111. The van der Waals surface area contributed by atoms with E-state index in [1.54, 1.807) is 24.3 Å². The highest BCUT2D eigenvalue weighted by atomic mass is 19.1. The Morgan fingerprint density at radius 2 is 1.87 bits per heavy atom. The molecule has 23 heavy (non-hydrogen) atoms. The van der Waals surface area contributed by atoms with Gasteiger partial charge in [0.25, 0.3) is 5.91 Å². The van der Waals surface area contributed by atoms with Gasteiger partial charge in [-0.25, -0.2) is 4.39 Å². The predicted octanol–water partition coefficient (Wildman–Crippen LogP) is 3.77. The average molecular weight is 310 g/mol. The van der Waals surface area contributed by atoms with Gasteiger partial charge in [0.1, 0.15) is 23.2 Å². The third-order valence-corrected chi connectivity index (χ3v) is 2.97. The minimum absolute atomic E-state index is 0.0644. The van der Waals surface area contributed by atoms with Crippen molar-refractivity contribution in [1.82, 2.24) is 0 Å². The Morgan fingerprint density at radius 3 is 2.43 bits per heavy atom. The van der Waals surface area contributed by atoms with Crippen molar-refractivity contribution in [3.05, 3.63) is 65.5 Å². The summed E-state index contributed by atoms with van der Waals surface area (Å²) >= 11 is 0. The van der Waals surface area contributed by atoms with Crippen molar-refractivity contribution in [3.8, 4) is 11.8 Å². The summed E-state index contributed by atoms with van der Waals surface area (Å²) in [6.45, 7) is 2.44. The quantitative estimate of drug-likeness (QED) is 0.675. The maximum absolute atomic E-state index is 12.9.